The van der Waals surface area contributed by atoms with Crippen LogP contribution in [0.15, 0.2) is 24.3 Å². The van der Waals surface area contributed by atoms with E-state index in [1.54, 1.807) is 0 Å². The van der Waals surface area contributed by atoms with Crippen LogP contribution >= 0.6 is 11.8 Å². The molecule has 1 atom stereocenters. The molecule has 3 rings (SSSR count). The third kappa shape index (κ3) is 4.51. The molecule has 1 N–H and O–H groups in total. The molecule has 0 aliphatic carbocycles. The van der Waals surface area contributed by atoms with Gasteiger partial charge < -0.3 is 10.2 Å². The molecule has 23 heavy (non-hydrogen) atoms. The minimum atomic E-state index is 0.259. The Labute approximate surface area is 144 Å². The van der Waals surface area contributed by atoms with Crippen LogP contribution in [0.5, 0.6) is 0 Å². The summed E-state index contributed by atoms with van der Waals surface area (Å²) in [5.41, 5.74) is 2.57. The third-order valence-electron chi connectivity index (χ3n) is 5.14. The second-order valence-electron chi connectivity index (χ2n) is 6.82. The highest BCUT2D eigenvalue weighted by molar-refractivity contribution is 7.99. The molecule has 2 aliphatic rings. The fraction of sp³-hybridized carbons (Fsp3) is 0.632. The zero-order valence-corrected chi connectivity index (χ0v) is 14.9. The fourth-order valence-electron chi connectivity index (χ4n) is 3.61. The van der Waals surface area contributed by atoms with E-state index in [1.165, 1.54) is 24.0 Å². The van der Waals surface area contributed by atoms with Gasteiger partial charge in [-0.2, -0.15) is 11.8 Å². The van der Waals surface area contributed by atoms with Crippen LogP contribution < -0.4 is 5.32 Å². The van der Waals surface area contributed by atoms with Crippen LogP contribution in [0.2, 0.25) is 0 Å². The van der Waals surface area contributed by atoms with E-state index in [9.17, 15) is 4.79 Å². The average molecular weight is 333 g/mol. The lowest BCUT2D eigenvalue weighted by molar-refractivity contribution is -0.133. The molecule has 3 nitrogen and oxygen atoms in total. The van der Waals surface area contributed by atoms with Gasteiger partial charge in [0.1, 0.15) is 0 Å². The zero-order valence-electron chi connectivity index (χ0n) is 14.1. The molecular formula is C19H28N2OS. The van der Waals surface area contributed by atoms with Crippen molar-refractivity contribution in [2.24, 2.45) is 5.92 Å². The molecule has 2 fully saturated rings. The highest BCUT2D eigenvalue weighted by atomic mass is 32.2. The summed E-state index contributed by atoms with van der Waals surface area (Å²) in [7, 11) is 0. The summed E-state index contributed by atoms with van der Waals surface area (Å²) in [5.74, 6) is 3.19. The third-order valence-corrected chi connectivity index (χ3v) is 6.16. The van der Waals surface area contributed by atoms with Crippen molar-refractivity contribution in [1.82, 2.24) is 10.2 Å². The Balaban J connectivity index is 1.60. The monoisotopic (exact) mass is 332 g/mol. The first-order chi connectivity index (χ1) is 11.2. The SMILES string of the molecule is Cc1ccc(C2CSCCN2C(=O)CCC2CCNCC2)cc1. The van der Waals surface area contributed by atoms with Crippen LogP contribution in [-0.2, 0) is 4.79 Å². The largest absolute Gasteiger partial charge is 0.334 e. The van der Waals surface area contributed by atoms with Gasteiger partial charge in [-0.05, 0) is 50.8 Å². The minimum absolute atomic E-state index is 0.259. The maximum absolute atomic E-state index is 12.8. The zero-order chi connectivity index (χ0) is 16.1. The Morgan fingerprint density at radius 2 is 2.00 bits per heavy atom. The molecule has 0 bridgehead atoms. The molecule has 2 heterocycles. The van der Waals surface area contributed by atoms with E-state index >= 15 is 0 Å². The van der Waals surface area contributed by atoms with Crippen molar-refractivity contribution in [3.05, 3.63) is 35.4 Å². The van der Waals surface area contributed by atoms with Gasteiger partial charge in [-0.1, -0.05) is 29.8 Å². The van der Waals surface area contributed by atoms with Gasteiger partial charge in [-0.25, -0.2) is 0 Å². The summed E-state index contributed by atoms with van der Waals surface area (Å²) in [6, 6.07) is 8.96. The lowest BCUT2D eigenvalue weighted by atomic mass is 9.93. The molecule has 0 radical (unpaired) electrons. The molecule has 2 aliphatic heterocycles. The molecule has 126 valence electrons. The van der Waals surface area contributed by atoms with Crippen LogP contribution in [0.25, 0.3) is 0 Å². The van der Waals surface area contributed by atoms with E-state index in [1.807, 2.05) is 11.8 Å². The van der Waals surface area contributed by atoms with Gasteiger partial charge >= 0.3 is 0 Å². The van der Waals surface area contributed by atoms with E-state index in [4.69, 9.17) is 0 Å². The number of nitrogens with one attached hydrogen (secondary N) is 1. The maximum atomic E-state index is 12.8. The molecule has 0 saturated carbocycles. The highest BCUT2D eigenvalue weighted by Crippen LogP contribution is 2.31. The van der Waals surface area contributed by atoms with Crippen molar-refractivity contribution in [3.8, 4) is 0 Å². The highest BCUT2D eigenvalue weighted by Gasteiger charge is 2.28. The van der Waals surface area contributed by atoms with Crippen molar-refractivity contribution >= 4 is 17.7 Å². The number of hydrogen-bond donors (Lipinski definition) is 1. The summed E-state index contributed by atoms with van der Waals surface area (Å²) in [6.07, 6.45) is 4.23. The smallest absolute Gasteiger partial charge is 0.223 e. The molecular weight excluding hydrogens is 304 g/mol. The average Bonchev–Trinajstić information content (AvgIpc) is 2.61. The van der Waals surface area contributed by atoms with Gasteiger partial charge in [0, 0.05) is 24.5 Å². The predicted octanol–water partition coefficient (Wildman–Crippen LogP) is 3.39. The van der Waals surface area contributed by atoms with Crippen LogP contribution in [-0.4, -0.2) is 41.9 Å². The van der Waals surface area contributed by atoms with Crippen molar-refractivity contribution in [3.63, 3.8) is 0 Å². The van der Waals surface area contributed by atoms with E-state index < -0.39 is 0 Å². The molecule has 1 aromatic rings. The first-order valence-electron chi connectivity index (χ1n) is 8.88. The number of piperidine rings is 1. The number of carbonyl (C=O) groups excluding carboxylic acids is 1. The molecule has 1 unspecified atom stereocenters. The van der Waals surface area contributed by atoms with Gasteiger partial charge in [0.15, 0.2) is 0 Å². The van der Waals surface area contributed by atoms with Gasteiger partial charge in [-0.15, -0.1) is 0 Å². The summed E-state index contributed by atoms with van der Waals surface area (Å²) < 4.78 is 0. The Hall–Kier alpha value is -1.00. The Kier molecular flexibility index (Phi) is 6.01. The number of aryl methyl sites for hydroxylation is 1. The second kappa shape index (κ2) is 8.20. The van der Waals surface area contributed by atoms with Crippen LogP contribution in [0, 0.1) is 12.8 Å². The van der Waals surface area contributed by atoms with Crippen molar-refractivity contribution in [2.45, 2.75) is 38.6 Å². The Bertz CT molecular complexity index is 511. The van der Waals surface area contributed by atoms with Crippen molar-refractivity contribution in [2.75, 3.05) is 31.1 Å². The van der Waals surface area contributed by atoms with E-state index in [0.29, 0.717) is 5.91 Å². The van der Waals surface area contributed by atoms with Crippen LogP contribution in [0.3, 0.4) is 0 Å². The first kappa shape index (κ1) is 16.8. The number of rotatable bonds is 4. The lowest BCUT2D eigenvalue weighted by Gasteiger charge is -2.36. The molecule has 2 saturated heterocycles. The van der Waals surface area contributed by atoms with Gasteiger partial charge in [0.05, 0.1) is 6.04 Å². The fourth-order valence-corrected chi connectivity index (χ4v) is 4.70. The van der Waals surface area contributed by atoms with Crippen LogP contribution in [0.4, 0.5) is 0 Å². The van der Waals surface area contributed by atoms with E-state index in [-0.39, 0.29) is 6.04 Å². The van der Waals surface area contributed by atoms with E-state index in [0.717, 1.165) is 49.9 Å². The van der Waals surface area contributed by atoms with Crippen molar-refractivity contribution < 1.29 is 4.79 Å². The molecule has 1 amide bonds. The lowest BCUT2D eigenvalue weighted by Crippen LogP contribution is -2.41. The number of benzene rings is 1. The van der Waals surface area contributed by atoms with Gasteiger partial charge in [0.2, 0.25) is 5.91 Å². The normalized spacial score (nSPS) is 23.0. The summed E-state index contributed by atoms with van der Waals surface area (Å²) in [5, 5.41) is 3.40. The standard InChI is InChI=1S/C19H28N2OS/c1-15-2-5-17(6-3-15)18-14-23-13-12-21(18)19(22)7-4-16-8-10-20-11-9-16/h2-3,5-6,16,18,20H,4,7-14H2,1H3. The van der Waals surface area contributed by atoms with Crippen LogP contribution in [0.1, 0.15) is 42.9 Å². The summed E-state index contributed by atoms with van der Waals surface area (Å²) >= 11 is 1.97. The Morgan fingerprint density at radius 1 is 1.26 bits per heavy atom. The molecule has 0 spiro atoms. The number of amides is 1. The molecule has 4 heteroatoms. The number of carbonyl (C=O) groups is 1. The molecule has 1 aromatic carbocycles. The quantitative estimate of drug-likeness (QED) is 0.917. The number of nitrogens with zero attached hydrogens (tertiary/aromatic N) is 1. The second-order valence-corrected chi connectivity index (χ2v) is 7.97. The van der Waals surface area contributed by atoms with Crippen molar-refractivity contribution in [1.29, 1.82) is 0 Å². The maximum Gasteiger partial charge on any atom is 0.223 e. The van der Waals surface area contributed by atoms with E-state index in [2.05, 4.69) is 41.4 Å². The van der Waals surface area contributed by atoms with Gasteiger partial charge in [0.25, 0.3) is 0 Å². The first-order valence-corrected chi connectivity index (χ1v) is 10.0. The predicted molar refractivity (Wildman–Crippen MR) is 97.8 cm³/mol. The Morgan fingerprint density at radius 3 is 2.74 bits per heavy atom. The minimum Gasteiger partial charge on any atom is -0.334 e. The topological polar surface area (TPSA) is 32.3 Å². The number of thioether (sulfide) groups is 1. The number of hydrogen-bond acceptors (Lipinski definition) is 3. The van der Waals surface area contributed by atoms with Gasteiger partial charge in [-0.3, -0.25) is 4.79 Å². The summed E-state index contributed by atoms with van der Waals surface area (Å²) in [6.45, 7) is 5.24. The summed E-state index contributed by atoms with van der Waals surface area (Å²) in [4.78, 5) is 14.9. The molecule has 0 aromatic heterocycles.